The zero-order chi connectivity index (χ0) is 26.5. The van der Waals surface area contributed by atoms with Crippen LogP contribution in [0, 0.1) is 25.7 Å². The summed E-state index contributed by atoms with van der Waals surface area (Å²) in [6, 6.07) is 5.06. The molecule has 0 aliphatic carbocycles. The highest BCUT2D eigenvalue weighted by atomic mass is 16.5. The molecule has 37 heavy (non-hydrogen) atoms. The largest absolute Gasteiger partial charge is 0.396 e. The van der Waals surface area contributed by atoms with Gasteiger partial charge in [-0.1, -0.05) is 43.4 Å². The van der Waals surface area contributed by atoms with Crippen molar-refractivity contribution in [3.05, 3.63) is 53.6 Å². The fraction of sp³-hybridized carbons (Fsp3) is 0.552. The summed E-state index contributed by atoms with van der Waals surface area (Å²) < 4.78 is 6.82. The second-order valence-corrected chi connectivity index (χ2v) is 10.9. The predicted molar refractivity (Wildman–Crippen MR) is 140 cm³/mol. The van der Waals surface area contributed by atoms with Gasteiger partial charge in [0.2, 0.25) is 11.8 Å². The quantitative estimate of drug-likeness (QED) is 0.597. The van der Waals surface area contributed by atoms with E-state index < -0.39 is 29.1 Å². The lowest BCUT2D eigenvalue weighted by molar-refractivity contribution is -0.148. The van der Waals surface area contributed by atoms with E-state index >= 15 is 0 Å². The number of likely N-dealkylation sites (tertiary alicyclic amines) is 1. The number of amides is 3. The molecule has 1 aromatic rings. The molecule has 1 unspecified atom stereocenters. The Kier molecular flexibility index (Phi) is 6.52. The van der Waals surface area contributed by atoms with E-state index in [9.17, 15) is 19.5 Å². The van der Waals surface area contributed by atoms with Crippen molar-refractivity contribution < 1.29 is 24.2 Å². The van der Waals surface area contributed by atoms with Crippen LogP contribution in [0.25, 0.3) is 0 Å². The van der Waals surface area contributed by atoms with Gasteiger partial charge < -0.3 is 24.5 Å². The minimum absolute atomic E-state index is 0.104. The lowest BCUT2D eigenvalue weighted by atomic mass is 9.74. The van der Waals surface area contributed by atoms with Gasteiger partial charge in [0.1, 0.15) is 11.6 Å². The molecule has 8 heteroatoms. The number of aliphatic hydroxyl groups excluding tert-OH is 1. The number of hydrogen-bond donors (Lipinski definition) is 1. The van der Waals surface area contributed by atoms with E-state index in [-0.39, 0.29) is 30.9 Å². The highest BCUT2D eigenvalue weighted by Crippen LogP contribution is 2.57. The average molecular weight is 508 g/mol. The number of nitrogens with zero attached hydrogens (tertiary/aromatic N) is 3. The molecule has 2 fully saturated rings. The first-order valence-corrected chi connectivity index (χ1v) is 13.3. The van der Waals surface area contributed by atoms with E-state index in [4.69, 9.17) is 4.74 Å². The lowest BCUT2D eigenvalue weighted by Crippen LogP contribution is -2.56. The van der Waals surface area contributed by atoms with Crippen LogP contribution in [0.5, 0.6) is 0 Å². The number of hydrogen-bond acceptors (Lipinski definition) is 5. The van der Waals surface area contributed by atoms with Crippen LogP contribution >= 0.6 is 0 Å². The maximum atomic E-state index is 14.4. The first-order valence-electron chi connectivity index (χ1n) is 13.3. The van der Waals surface area contributed by atoms with E-state index in [1.807, 2.05) is 70.2 Å². The second kappa shape index (κ2) is 9.40. The van der Waals surface area contributed by atoms with Gasteiger partial charge in [0, 0.05) is 38.5 Å². The maximum absolute atomic E-state index is 14.4. The standard InChI is InChI=1S/C29H37N3O5/c1-5-13-30-14-6-11-28(4)22(25(30)34)23-26(35)32(16-8-17-33)24-27(36)31(15-7-12-29(23,24)37-28)21-18-19(2)9-10-20(21)3/h6-7,9-12,18,22-24,33H,5,8,13-17H2,1-4H3/t22-,23-,24?,28+,29-/m0/s1. The highest BCUT2D eigenvalue weighted by molar-refractivity contribution is 6.06. The molecule has 0 saturated carbocycles. The molecule has 1 N–H and O–H groups in total. The molecular weight excluding hydrogens is 470 g/mol. The number of anilines is 1. The van der Waals surface area contributed by atoms with Crippen LogP contribution in [0.1, 0.15) is 37.8 Å². The van der Waals surface area contributed by atoms with Gasteiger partial charge in [0.15, 0.2) is 0 Å². The number of aryl methyl sites for hydroxylation is 2. The van der Waals surface area contributed by atoms with E-state index in [0.717, 1.165) is 23.2 Å². The van der Waals surface area contributed by atoms with Gasteiger partial charge in [-0.25, -0.2) is 0 Å². The molecule has 3 amide bonds. The molecule has 1 spiro atoms. The molecule has 2 saturated heterocycles. The number of rotatable bonds is 6. The Morgan fingerprint density at radius 1 is 1.00 bits per heavy atom. The van der Waals surface area contributed by atoms with Gasteiger partial charge in [-0.2, -0.15) is 0 Å². The van der Waals surface area contributed by atoms with Gasteiger partial charge in [0.05, 0.1) is 17.4 Å². The molecule has 4 heterocycles. The van der Waals surface area contributed by atoms with Crippen molar-refractivity contribution in [3.8, 4) is 0 Å². The number of benzene rings is 1. The van der Waals surface area contributed by atoms with Crippen molar-refractivity contribution in [2.75, 3.05) is 37.7 Å². The van der Waals surface area contributed by atoms with Crippen LogP contribution in [0.4, 0.5) is 5.69 Å². The summed E-state index contributed by atoms with van der Waals surface area (Å²) in [7, 11) is 0. The summed E-state index contributed by atoms with van der Waals surface area (Å²) in [5.41, 5.74) is 0.509. The fourth-order valence-electron chi connectivity index (χ4n) is 6.75. The molecule has 4 aliphatic heterocycles. The van der Waals surface area contributed by atoms with E-state index in [2.05, 4.69) is 0 Å². The number of aliphatic hydroxyl groups is 1. The van der Waals surface area contributed by atoms with Crippen molar-refractivity contribution in [1.29, 1.82) is 0 Å². The summed E-state index contributed by atoms with van der Waals surface area (Å²) in [4.78, 5) is 47.6. The molecule has 8 nitrogen and oxygen atoms in total. The van der Waals surface area contributed by atoms with Gasteiger partial charge in [-0.15, -0.1) is 0 Å². The Morgan fingerprint density at radius 3 is 2.49 bits per heavy atom. The molecule has 5 rings (SSSR count). The first-order chi connectivity index (χ1) is 17.7. The Labute approximate surface area is 218 Å². The summed E-state index contributed by atoms with van der Waals surface area (Å²) in [5, 5.41) is 9.58. The van der Waals surface area contributed by atoms with Crippen LogP contribution in [0.15, 0.2) is 42.5 Å². The molecule has 198 valence electrons. The van der Waals surface area contributed by atoms with Crippen LogP contribution in [-0.4, -0.2) is 82.7 Å². The Balaban J connectivity index is 1.64. The Morgan fingerprint density at radius 2 is 1.76 bits per heavy atom. The highest BCUT2D eigenvalue weighted by Gasteiger charge is 2.74. The smallest absolute Gasteiger partial charge is 0.253 e. The summed E-state index contributed by atoms with van der Waals surface area (Å²) >= 11 is 0. The SMILES string of the molecule is CCCN1CC=C[C@@]2(C)O[C@]34C=CCN(c5cc(C)ccc5C)C(=O)C3N(CCCO)C(=O)[C@@H]4[C@H]2C1=O. The van der Waals surface area contributed by atoms with Crippen molar-refractivity contribution in [1.82, 2.24) is 9.80 Å². The number of fused-ring (bicyclic) bond motifs is 2. The number of ether oxygens (including phenoxy) is 1. The molecule has 1 aromatic carbocycles. The van der Waals surface area contributed by atoms with Gasteiger partial charge in [-0.05, 0) is 50.8 Å². The minimum Gasteiger partial charge on any atom is -0.396 e. The van der Waals surface area contributed by atoms with Gasteiger partial charge >= 0.3 is 0 Å². The molecule has 0 bridgehead atoms. The van der Waals surface area contributed by atoms with Gasteiger partial charge in [0.25, 0.3) is 5.91 Å². The minimum atomic E-state index is -1.27. The predicted octanol–water partition coefficient (Wildman–Crippen LogP) is 2.37. The number of carbonyl (C=O) groups is 3. The molecule has 0 radical (unpaired) electrons. The summed E-state index contributed by atoms with van der Waals surface area (Å²) in [6.45, 7) is 9.36. The zero-order valence-electron chi connectivity index (χ0n) is 22.1. The van der Waals surface area contributed by atoms with Crippen molar-refractivity contribution in [2.24, 2.45) is 11.8 Å². The molecule has 0 aromatic heterocycles. The van der Waals surface area contributed by atoms with E-state index in [0.29, 0.717) is 26.1 Å². The van der Waals surface area contributed by atoms with Crippen molar-refractivity contribution >= 4 is 23.4 Å². The van der Waals surface area contributed by atoms with E-state index in [1.165, 1.54) is 0 Å². The zero-order valence-corrected chi connectivity index (χ0v) is 22.1. The first kappa shape index (κ1) is 25.7. The summed E-state index contributed by atoms with van der Waals surface area (Å²) in [6.07, 6.45) is 8.77. The van der Waals surface area contributed by atoms with Crippen LogP contribution in [0.2, 0.25) is 0 Å². The fourth-order valence-corrected chi connectivity index (χ4v) is 6.75. The molecule has 4 aliphatic rings. The maximum Gasteiger partial charge on any atom is 0.253 e. The third-order valence-corrected chi connectivity index (χ3v) is 8.35. The van der Waals surface area contributed by atoms with Crippen LogP contribution < -0.4 is 4.90 Å². The van der Waals surface area contributed by atoms with E-state index in [1.54, 1.807) is 14.7 Å². The monoisotopic (exact) mass is 507 g/mol. The lowest BCUT2D eigenvalue weighted by Gasteiger charge is -2.37. The Bertz CT molecular complexity index is 1180. The van der Waals surface area contributed by atoms with Gasteiger partial charge in [-0.3, -0.25) is 14.4 Å². The number of carbonyl (C=O) groups excluding carboxylic acids is 3. The molecular formula is C29H37N3O5. The van der Waals surface area contributed by atoms with Crippen molar-refractivity contribution in [2.45, 2.75) is 57.8 Å². The van der Waals surface area contributed by atoms with Crippen LogP contribution in [-0.2, 0) is 19.1 Å². The average Bonchev–Trinajstić information content (AvgIpc) is 3.13. The third kappa shape index (κ3) is 3.84. The third-order valence-electron chi connectivity index (χ3n) is 8.35. The van der Waals surface area contributed by atoms with Crippen LogP contribution in [0.3, 0.4) is 0 Å². The Hall–Kier alpha value is -2.97. The topological polar surface area (TPSA) is 90.4 Å². The summed E-state index contributed by atoms with van der Waals surface area (Å²) in [5.74, 6) is -2.16. The van der Waals surface area contributed by atoms with Crippen molar-refractivity contribution in [3.63, 3.8) is 0 Å². The molecule has 5 atom stereocenters. The normalized spacial score (nSPS) is 32.9. The second-order valence-electron chi connectivity index (χ2n) is 10.9.